The Morgan fingerprint density at radius 2 is 0.419 bits per heavy atom. The number of rotatable bonds is 39. The van der Waals surface area contributed by atoms with Crippen LogP contribution in [0.2, 0.25) is 0 Å². The number of amidine groups is 4. The van der Waals surface area contributed by atoms with Gasteiger partial charge in [-0.25, -0.2) is 41.1 Å². The predicted octanol–water partition coefficient (Wildman–Crippen LogP) is 18.8. The molecule has 32 nitrogen and oxygen atoms in total. The first kappa shape index (κ1) is 121. The van der Waals surface area contributed by atoms with Crippen LogP contribution in [0.15, 0.2) is 68.0 Å². The highest BCUT2D eigenvalue weighted by molar-refractivity contribution is 5.96. The van der Waals surface area contributed by atoms with E-state index in [0.29, 0.717) is 39.3 Å². The summed E-state index contributed by atoms with van der Waals surface area (Å²) in [6.07, 6.45) is 33.3. The Labute approximate surface area is 902 Å². The zero-order valence-electron chi connectivity index (χ0n) is 103. The van der Waals surface area contributed by atoms with E-state index in [-0.39, 0.29) is 137 Å². The van der Waals surface area contributed by atoms with Crippen LogP contribution in [-0.2, 0) is 19.4 Å². The van der Waals surface area contributed by atoms with Crippen LogP contribution in [0.5, 0.6) is 0 Å². The van der Waals surface area contributed by atoms with Crippen molar-refractivity contribution in [3.05, 3.63) is 47.6 Å². The Morgan fingerprint density at radius 1 is 0.243 bits per heavy atom. The van der Waals surface area contributed by atoms with Crippen molar-refractivity contribution in [1.29, 1.82) is 0 Å². The smallest absolute Gasteiger partial charge is 0.157 e. The highest BCUT2D eigenvalue weighted by Gasteiger charge is 2.55. The van der Waals surface area contributed by atoms with E-state index in [0.717, 1.165) is 240 Å². The first-order valence-electron chi connectivity index (χ1n) is 58.4. The van der Waals surface area contributed by atoms with Crippen molar-refractivity contribution in [2.24, 2.45) is 20.4 Å². The number of piperidine rings is 8. The van der Waals surface area contributed by atoms with Crippen LogP contribution in [0.1, 0.15) is 416 Å². The largest absolute Gasteiger partial charge is 0.370 e. The van der Waals surface area contributed by atoms with E-state index in [1.54, 1.807) is 21.1 Å². The minimum absolute atomic E-state index is 0.0509. The average Bonchev–Trinajstić information content (AvgIpc) is 0.768. The molecule has 12 heterocycles. The summed E-state index contributed by atoms with van der Waals surface area (Å²) in [6.45, 7) is 93.2. The van der Waals surface area contributed by atoms with E-state index >= 15 is 0 Å². The monoisotopic (exact) mass is 2070 g/mol. The number of nitrogens with zero attached hydrogens (tertiary/aromatic N) is 22. The second kappa shape index (κ2) is 45.6. The van der Waals surface area contributed by atoms with Crippen LogP contribution in [0, 0.1) is 0 Å². The summed E-state index contributed by atoms with van der Waals surface area (Å²) in [5.41, 5.74) is 13.9. The maximum absolute atomic E-state index is 7.59. The highest BCUT2D eigenvalue weighted by atomic mass is 16.8. The SMILES string of the molecule is CCCCN(C1=NN(OC2CC(C)(C)N(C)C(C)(C)C2)NC(NCCCN(CCN(CCCNC2=CC(N(CCCC)C3CC(C)(C)N(C)C(C)(C)C3)=NN(OC3CC(C)(C)N(C)C(C)(C)C3)N2)C2=CC(N(CCCC)C3CC(C)(C)N(C)C(C)(C)C3)=NN(OC3CC(C)(C)N(C)C(C)(C)C3)N2)C2=CC(N(CCCC)C3CC(C)(C)N(C)C(C)(C)C3)=NN(OC3CC(C)(C)N(C)C(C)(C)C3)N2)=C1)C1CC(C)(C)N(C)C(C)(C)C1. The summed E-state index contributed by atoms with van der Waals surface area (Å²) in [4.78, 5) is 66.2. The molecule has 0 aromatic heterocycles. The molecule has 0 amide bonds. The lowest BCUT2D eigenvalue weighted by molar-refractivity contribution is -0.255. The van der Waals surface area contributed by atoms with Gasteiger partial charge in [0.25, 0.3) is 0 Å². The third-order valence-corrected chi connectivity index (χ3v) is 39.0. The number of hydrazine groups is 4. The number of hydrogen-bond donors (Lipinski definition) is 6. The molecule has 12 aliphatic heterocycles. The van der Waals surface area contributed by atoms with Gasteiger partial charge in [-0.05, 0) is 419 Å². The fraction of sp³-hybridized carbons (Fsp3) is 0.897. The van der Waals surface area contributed by atoms with Gasteiger partial charge in [0.1, 0.15) is 23.3 Å². The van der Waals surface area contributed by atoms with Gasteiger partial charge in [-0.15, -0.1) is 20.4 Å². The van der Waals surface area contributed by atoms with Crippen LogP contribution in [0.3, 0.4) is 0 Å². The molecule has 850 valence electrons. The second-order valence-corrected chi connectivity index (χ2v) is 57.5. The second-order valence-electron chi connectivity index (χ2n) is 57.5. The normalized spacial score (nSPS) is 26.7. The van der Waals surface area contributed by atoms with Crippen molar-refractivity contribution >= 4 is 23.3 Å². The molecule has 0 aromatic rings. The predicted molar refractivity (Wildman–Crippen MR) is 613 cm³/mol. The standard InChI is InChI=1S/C116H222N28O4/c1-45-49-59-137(85-69-101(5,6)127(37)102(7,8)70-85)97-65-93(119-141(123-97)145-89-77-109(21,22)131(41)110(23,24)78-89)117-55-53-57-135(95-67-99(125-143(121-95)147-91-81-113(29,30)133(43)114(31,32)82-91)139(61-51-47-3)87-73-105(13,14)129(39)106(15,16)74-87)63-64-136(96-68-100(126-144(122-96)148-92-83-115(33,34)134(44)116(35,36)84-92)140(62-52-48-4)88-75-107(17,18)130(40)108(19,20)76-88)58-54-56-118-94-66-98(124-142(120-94)146-90-79-111(25,26)132(42)112(27,28)80-90)138(60-50-46-2)86-71-103(9,10)128(38)104(11,12)72-86/h65-68,85-92,117-122H,45-64,69-84H2,1-44H3. The quantitative estimate of drug-likeness (QED) is 0.0315. The molecule has 8 fully saturated rings. The van der Waals surface area contributed by atoms with Crippen LogP contribution >= 0.6 is 0 Å². The number of hydrogen-bond acceptors (Lipinski definition) is 32. The summed E-state index contributed by atoms with van der Waals surface area (Å²) in [5, 5.41) is 37.9. The fourth-order valence-electron chi connectivity index (χ4n) is 28.2. The molecule has 0 bridgehead atoms. The molecule has 32 heteroatoms. The Kier molecular flexibility index (Phi) is 37.2. The summed E-state index contributed by atoms with van der Waals surface area (Å²) >= 11 is 0. The Hall–Kier alpha value is -6.04. The van der Waals surface area contributed by atoms with E-state index in [1.165, 1.54) is 0 Å². The zero-order chi connectivity index (χ0) is 110. The molecular formula is C116H222N28O4. The molecule has 0 atom stereocenters. The molecule has 6 N–H and O–H groups in total. The molecule has 8 saturated heterocycles. The van der Waals surface area contributed by atoms with E-state index in [4.69, 9.17) is 39.8 Å². The van der Waals surface area contributed by atoms with Crippen LogP contribution in [0.4, 0.5) is 0 Å². The molecule has 0 spiro atoms. The van der Waals surface area contributed by atoms with Crippen LogP contribution < -0.4 is 32.3 Å². The summed E-state index contributed by atoms with van der Waals surface area (Å²) in [7, 11) is 18.4. The molecule has 0 saturated carbocycles. The zero-order valence-corrected chi connectivity index (χ0v) is 103. The van der Waals surface area contributed by atoms with Crippen molar-refractivity contribution < 1.29 is 19.4 Å². The van der Waals surface area contributed by atoms with Crippen molar-refractivity contribution in [2.45, 2.75) is 553 Å². The number of likely N-dealkylation sites (tertiary alicyclic amines) is 8. The van der Waals surface area contributed by atoms with Gasteiger partial charge >= 0.3 is 0 Å². The van der Waals surface area contributed by atoms with Gasteiger partial charge in [-0.2, -0.15) is 0 Å². The molecular weight excluding hydrogens is 1850 g/mol. The number of hydrazone groups is 4. The van der Waals surface area contributed by atoms with Crippen molar-refractivity contribution in [3.63, 3.8) is 0 Å². The summed E-state index contributed by atoms with van der Waals surface area (Å²) in [5.74, 6) is 7.25. The molecule has 0 aliphatic carbocycles. The highest BCUT2D eigenvalue weighted by Crippen LogP contribution is 2.49. The van der Waals surface area contributed by atoms with Crippen molar-refractivity contribution in [3.8, 4) is 0 Å². The maximum Gasteiger partial charge on any atom is 0.157 e. The average molecular weight is 2070 g/mol. The van der Waals surface area contributed by atoms with Gasteiger partial charge in [0, 0.05) is 203 Å². The molecule has 12 aliphatic rings. The van der Waals surface area contributed by atoms with E-state index in [9.17, 15) is 0 Å². The number of nitrogens with one attached hydrogen (secondary N) is 6. The van der Waals surface area contributed by atoms with Crippen molar-refractivity contribution in [2.75, 3.05) is 122 Å². The Balaban J connectivity index is 0.995. The molecule has 0 aromatic carbocycles. The fourth-order valence-corrected chi connectivity index (χ4v) is 28.2. The van der Waals surface area contributed by atoms with Gasteiger partial charge < -0.3 is 40.0 Å². The third kappa shape index (κ3) is 28.3. The molecule has 0 radical (unpaired) electrons. The van der Waals surface area contributed by atoms with E-state index < -0.39 is 0 Å². The lowest BCUT2D eigenvalue weighted by Crippen LogP contribution is -2.64. The van der Waals surface area contributed by atoms with E-state index in [2.05, 4.69) is 431 Å². The minimum atomic E-state index is -0.160. The topological polar surface area (TPSA) is 217 Å². The summed E-state index contributed by atoms with van der Waals surface area (Å²) < 4.78 is 0. The third-order valence-electron chi connectivity index (χ3n) is 39.0. The molecule has 0 unspecified atom stereocenters. The van der Waals surface area contributed by atoms with Gasteiger partial charge in [-0.1, -0.05) is 74.5 Å². The maximum atomic E-state index is 7.59. The Bertz CT molecular complexity index is 4220. The number of unbranched alkanes of at least 4 members (excludes halogenated alkanes) is 4. The Morgan fingerprint density at radius 3 is 0.608 bits per heavy atom. The molecule has 12 rings (SSSR count). The minimum Gasteiger partial charge on any atom is -0.370 e. The van der Waals surface area contributed by atoms with E-state index in [1.807, 2.05) is 0 Å². The van der Waals surface area contributed by atoms with Gasteiger partial charge in [0.05, 0.1) is 24.4 Å². The van der Waals surface area contributed by atoms with Crippen LogP contribution in [0.25, 0.3) is 0 Å². The molecule has 148 heavy (non-hydrogen) atoms. The van der Waals surface area contributed by atoms with Crippen LogP contribution in [-0.4, -0.2) is 372 Å². The first-order valence-corrected chi connectivity index (χ1v) is 58.4. The van der Waals surface area contributed by atoms with Gasteiger partial charge in [-0.3, -0.25) is 39.2 Å². The lowest BCUT2D eigenvalue weighted by Gasteiger charge is -2.56. The van der Waals surface area contributed by atoms with Crippen molar-refractivity contribution in [1.82, 2.24) is 122 Å². The van der Waals surface area contributed by atoms with Gasteiger partial charge in [0.15, 0.2) is 23.3 Å². The summed E-state index contributed by atoms with van der Waals surface area (Å²) in [6, 6.07) is 0.834. The first-order chi connectivity index (χ1) is 68.2. The van der Waals surface area contributed by atoms with Gasteiger partial charge in [0.2, 0.25) is 0 Å². The lowest BCUT2D eigenvalue weighted by atomic mass is 9.76.